The van der Waals surface area contributed by atoms with Crippen LogP contribution in [0.25, 0.3) is 0 Å². The van der Waals surface area contributed by atoms with Crippen molar-refractivity contribution in [2.45, 2.75) is 37.7 Å². The molecule has 2 aliphatic heterocycles. The van der Waals surface area contributed by atoms with Crippen molar-refractivity contribution in [3.63, 3.8) is 0 Å². The van der Waals surface area contributed by atoms with Gasteiger partial charge in [-0.25, -0.2) is 4.79 Å². The smallest absolute Gasteiger partial charge is 0.404 e. The van der Waals surface area contributed by atoms with E-state index < -0.39 is 12.1 Å². The Morgan fingerprint density at radius 2 is 2.07 bits per heavy atom. The molecule has 1 fully saturated rings. The summed E-state index contributed by atoms with van der Waals surface area (Å²) in [6.45, 7) is 0. The first-order valence-corrected chi connectivity index (χ1v) is 8.95. The minimum absolute atomic E-state index is 0.0393. The third kappa shape index (κ3) is 3.54. The van der Waals surface area contributed by atoms with Gasteiger partial charge in [0.2, 0.25) is 5.56 Å². The first-order chi connectivity index (χ1) is 13.2. The number of anilines is 1. The number of amides is 2. The van der Waals surface area contributed by atoms with Crippen molar-refractivity contribution in [1.82, 2.24) is 9.88 Å². The first-order valence-electron chi connectivity index (χ1n) is 8.57. The molecule has 2 atom stereocenters. The zero-order valence-electron chi connectivity index (χ0n) is 14.3. The molecule has 4 rings (SSSR count). The second kappa shape index (κ2) is 6.73. The lowest BCUT2D eigenvalue weighted by Gasteiger charge is -2.36. The zero-order valence-corrected chi connectivity index (χ0v) is 15.1. The Bertz CT molecular complexity index is 992. The molecule has 0 spiro atoms. The van der Waals surface area contributed by atoms with Gasteiger partial charge in [0.05, 0.1) is 11.1 Å². The van der Waals surface area contributed by atoms with E-state index in [4.69, 9.17) is 11.6 Å². The predicted octanol–water partition coefficient (Wildman–Crippen LogP) is 4.22. The number of rotatable bonds is 2. The van der Waals surface area contributed by atoms with Crippen LogP contribution < -0.4 is 15.6 Å². The van der Waals surface area contributed by atoms with E-state index in [1.165, 1.54) is 12.1 Å². The number of carbonyl (C=O) groups excluding carboxylic acids is 1. The normalized spacial score (nSPS) is 20.6. The van der Waals surface area contributed by atoms with E-state index in [0.717, 1.165) is 30.0 Å². The fourth-order valence-corrected chi connectivity index (χ4v) is 4.15. The van der Waals surface area contributed by atoms with E-state index in [2.05, 4.69) is 15.0 Å². The van der Waals surface area contributed by atoms with Crippen LogP contribution in [0.4, 0.5) is 23.7 Å². The molecule has 148 valence electrons. The van der Waals surface area contributed by atoms with Crippen molar-refractivity contribution in [2.75, 3.05) is 5.32 Å². The van der Waals surface area contributed by atoms with Crippen molar-refractivity contribution < 1.29 is 22.7 Å². The van der Waals surface area contributed by atoms with Crippen molar-refractivity contribution in [3.05, 3.63) is 57.0 Å². The van der Waals surface area contributed by atoms with Gasteiger partial charge in [-0.15, -0.1) is 13.2 Å². The van der Waals surface area contributed by atoms with Gasteiger partial charge in [-0.3, -0.25) is 4.79 Å². The van der Waals surface area contributed by atoms with E-state index >= 15 is 0 Å². The maximum absolute atomic E-state index is 12.8. The lowest BCUT2D eigenvalue weighted by molar-refractivity contribution is -0.274. The average molecular weight is 414 g/mol. The molecule has 6 nitrogen and oxygen atoms in total. The minimum atomic E-state index is -4.85. The number of aromatic nitrogens is 1. The number of ether oxygens (including phenoxy) is 1. The van der Waals surface area contributed by atoms with Crippen LogP contribution in [0.15, 0.2) is 35.3 Å². The Morgan fingerprint density at radius 3 is 2.79 bits per heavy atom. The number of fused-ring (bicyclic) bond motifs is 4. The highest BCUT2D eigenvalue weighted by Crippen LogP contribution is 2.43. The number of carbonyl (C=O) groups is 1. The van der Waals surface area contributed by atoms with E-state index in [1.807, 2.05) is 0 Å². The monoisotopic (exact) mass is 413 g/mol. The number of nitrogens with zero attached hydrogens (tertiary/aromatic N) is 1. The molecular weight excluding hydrogens is 399 g/mol. The number of hydrogen-bond acceptors (Lipinski definition) is 3. The second-order valence-electron chi connectivity index (χ2n) is 6.76. The fraction of sp³-hybridized carbons (Fsp3) is 0.333. The Hall–Kier alpha value is -2.68. The molecule has 0 unspecified atom stereocenters. The quantitative estimate of drug-likeness (QED) is 0.774. The average Bonchev–Trinajstić information content (AvgIpc) is 2.91. The van der Waals surface area contributed by atoms with E-state index in [0.29, 0.717) is 6.42 Å². The molecule has 2 aromatic rings. The summed E-state index contributed by atoms with van der Waals surface area (Å²) in [5.74, 6) is -0.539. The highest BCUT2D eigenvalue weighted by Gasteiger charge is 2.42. The summed E-state index contributed by atoms with van der Waals surface area (Å²) >= 11 is 5.83. The number of nitrogens with one attached hydrogen (secondary N) is 2. The lowest BCUT2D eigenvalue weighted by atomic mass is 9.95. The molecule has 2 N–H and O–H groups in total. The number of halogens is 4. The molecule has 1 saturated heterocycles. The van der Waals surface area contributed by atoms with E-state index in [1.54, 1.807) is 17.2 Å². The number of hydrogen-bond donors (Lipinski definition) is 2. The Morgan fingerprint density at radius 1 is 1.29 bits per heavy atom. The number of aromatic amines is 1. The summed E-state index contributed by atoms with van der Waals surface area (Å²) < 4.78 is 40.8. The third-order valence-corrected chi connectivity index (χ3v) is 5.30. The number of pyridine rings is 1. The molecule has 10 heteroatoms. The van der Waals surface area contributed by atoms with Crippen LogP contribution in [0.3, 0.4) is 0 Å². The van der Waals surface area contributed by atoms with Crippen LogP contribution in [0.5, 0.6) is 5.75 Å². The van der Waals surface area contributed by atoms with E-state index in [-0.39, 0.29) is 34.4 Å². The van der Waals surface area contributed by atoms with Crippen molar-refractivity contribution in [1.29, 1.82) is 0 Å². The Balaban J connectivity index is 1.52. The molecule has 2 bridgehead atoms. The topological polar surface area (TPSA) is 74.4 Å². The highest BCUT2D eigenvalue weighted by atomic mass is 35.5. The second-order valence-corrected chi connectivity index (χ2v) is 7.17. The van der Waals surface area contributed by atoms with Crippen LogP contribution in [0.2, 0.25) is 5.02 Å². The van der Waals surface area contributed by atoms with Crippen LogP contribution >= 0.6 is 11.6 Å². The molecule has 0 saturated carbocycles. The van der Waals surface area contributed by atoms with Gasteiger partial charge >= 0.3 is 12.4 Å². The van der Waals surface area contributed by atoms with E-state index in [9.17, 15) is 22.8 Å². The third-order valence-electron chi connectivity index (χ3n) is 5.01. The summed E-state index contributed by atoms with van der Waals surface area (Å²) in [5.41, 5.74) is 1.94. The Kier molecular flexibility index (Phi) is 4.49. The molecule has 0 aliphatic carbocycles. The lowest BCUT2D eigenvalue weighted by Crippen LogP contribution is -2.44. The summed E-state index contributed by atoms with van der Waals surface area (Å²) in [7, 11) is 0. The molecular formula is C18H15ClF3N3O3. The summed E-state index contributed by atoms with van der Waals surface area (Å²) in [6, 6.07) is 4.55. The number of urea groups is 1. The fourth-order valence-electron chi connectivity index (χ4n) is 3.94. The van der Waals surface area contributed by atoms with Gasteiger partial charge in [-0.1, -0.05) is 11.6 Å². The maximum Gasteiger partial charge on any atom is 0.573 e. The number of H-pyrrole nitrogens is 1. The van der Waals surface area contributed by atoms with Gasteiger partial charge in [-0.05, 0) is 48.6 Å². The highest BCUT2D eigenvalue weighted by molar-refractivity contribution is 6.32. The molecule has 2 aliphatic rings. The maximum atomic E-state index is 12.8. The van der Waals surface area contributed by atoms with Gasteiger partial charge < -0.3 is 19.9 Å². The van der Waals surface area contributed by atoms with Crippen molar-refractivity contribution >= 4 is 23.3 Å². The van der Waals surface area contributed by atoms with Crippen LogP contribution in [0.1, 0.15) is 30.0 Å². The minimum Gasteiger partial charge on any atom is -0.404 e. The van der Waals surface area contributed by atoms with Gasteiger partial charge in [0.1, 0.15) is 5.75 Å². The zero-order chi connectivity index (χ0) is 20.1. The molecule has 2 amide bonds. The summed E-state index contributed by atoms with van der Waals surface area (Å²) in [6.07, 6.45) is -1.04. The summed E-state index contributed by atoms with van der Waals surface area (Å²) in [5, 5.41) is 2.42. The molecule has 1 aromatic heterocycles. The standard InChI is InChI=1S/C18H15ClF3N3O3/c19-13-7-10(1-4-15(13)28-18(20,21)22)24-17(27)25-11-2-3-14(25)12-8-23-16(26)6-9(12)5-11/h1,4,6-8,11,14H,2-3,5H2,(H,23,26)(H,24,27)/t11-,14+/m0/s1. The first kappa shape index (κ1) is 18.7. The van der Waals surface area contributed by atoms with Crippen molar-refractivity contribution in [3.8, 4) is 5.75 Å². The predicted molar refractivity (Wildman–Crippen MR) is 95.5 cm³/mol. The SMILES string of the molecule is O=C(Nc1ccc(OC(F)(F)F)c(Cl)c1)N1[C@H]2CC[C@@H]1c1c[nH]c(=O)cc1C2. The van der Waals surface area contributed by atoms with Gasteiger partial charge in [0.25, 0.3) is 0 Å². The number of benzene rings is 1. The van der Waals surface area contributed by atoms with Crippen LogP contribution in [0, 0.1) is 0 Å². The van der Waals surface area contributed by atoms with Gasteiger partial charge in [0.15, 0.2) is 0 Å². The Labute approximate surface area is 162 Å². The van der Waals surface area contributed by atoms with Crippen molar-refractivity contribution in [2.24, 2.45) is 0 Å². The largest absolute Gasteiger partial charge is 0.573 e. The van der Waals surface area contributed by atoms with Gasteiger partial charge in [0, 0.05) is 24.0 Å². The molecule has 28 heavy (non-hydrogen) atoms. The number of alkyl halides is 3. The van der Waals surface area contributed by atoms with Crippen LogP contribution in [-0.4, -0.2) is 28.3 Å². The molecule has 0 radical (unpaired) electrons. The molecule has 3 heterocycles. The van der Waals surface area contributed by atoms with Crippen LogP contribution in [-0.2, 0) is 6.42 Å². The van der Waals surface area contributed by atoms with Gasteiger partial charge in [-0.2, -0.15) is 0 Å². The summed E-state index contributed by atoms with van der Waals surface area (Å²) in [4.78, 5) is 28.7. The molecule has 1 aromatic carbocycles.